The van der Waals surface area contributed by atoms with Crippen LogP contribution in [0.1, 0.15) is 6.92 Å². The van der Waals surface area contributed by atoms with Crippen LogP contribution in [0.3, 0.4) is 0 Å². The first-order valence-corrected chi connectivity index (χ1v) is 9.10. The third-order valence-electron chi connectivity index (χ3n) is 2.87. The van der Waals surface area contributed by atoms with Gasteiger partial charge in [0.15, 0.2) is 4.34 Å². The van der Waals surface area contributed by atoms with E-state index in [9.17, 15) is 4.79 Å². The lowest BCUT2D eigenvalue weighted by molar-refractivity contribution is -0.115. The average Bonchev–Trinajstić information content (AvgIpc) is 3.00. The second-order valence-corrected chi connectivity index (χ2v) is 7.64. The van der Waals surface area contributed by atoms with Crippen molar-refractivity contribution >= 4 is 51.4 Å². The van der Waals surface area contributed by atoms with Crippen molar-refractivity contribution in [1.82, 2.24) is 10.2 Å². The van der Waals surface area contributed by atoms with Gasteiger partial charge in [0.2, 0.25) is 11.0 Å². The van der Waals surface area contributed by atoms with Crippen LogP contribution >= 0.6 is 34.7 Å². The van der Waals surface area contributed by atoms with Crippen molar-refractivity contribution in [2.24, 2.45) is 0 Å². The third kappa shape index (κ3) is 5.12. The number of thioether (sulfide) groups is 1. The molecule has 1 amide bonds. The number of ether oxygens (including phenoxy) is 1. The fourth-order valence-electron chi connectivity index (χ4n) is 1.71. The predicted molar refractivity (Wildman–Crippen MR) is 101 cm³/mol. The maximum absolute atomic E-state index is 12.4. The summed E-state index contributed by atoms with van der Waals surface area (Å²) in [6, 6.07) is 5.06. The molecule has 6 nitrogen and oxygen atoms in total. The van der Waals surface area contributed by atoms with Gasteiger partial charge < -0.3 is 15.4 Å². The molecule has 1 atom stereocenters. The molecule has 2 N–H and O–H groups in total. The number of benzene rings is 1. The Morgan fingerprint density at radius 2 is 2.33 bits per heavy atom. The molecule has 2 aromatic rings. The lowest BCUT2D eigenvalue weighted by Gasteiger charge is -2.13. The van der Waals surface area contributed by atoms with Crippen molar-refractivity contribution in [2.45, 2.75) is 16.5 Å². The Morgan fingerprint density at radius 3 is 3.04 bits per heavy atom. The molecule has 0 aliphatic rings. The molecular weight excluding hydrogens is 368 g/mol. The maximum Gasteiger partial charge on any atom is 0.237 e. The van der Waals surface area contributed by atoms with Crippen molar-refractivity contribution in [3.8, 4) is 5.75 Å². The number of carbonyl (C=O) groups excluding carboxylic acids is 1. The van der Waals surface area contributed by atoms with E-state index in [0.717, 1.165) is 0 Å². The zero-order valence-corrected chi connectivity index (χ0v) is 15.6. The monoisotopic (exact) mass is 384 g/mol. The van der Waals surface area contributed by atoms with Crippen LogP contribution in [0.2, 0.25) is 5.02 Å². The molecule has 1 heterocycles. The van der Waals surface area contributed by atoms with Crippen LogP contribution in [-0.2, 0) is 4.79 Å². The molecule has 0 bridgehead atoms. The van der Waals surface area contributed by atoms with Gasteiger partial charge in [-0.3, -0.25) is 4.79 Å². The van der Waals surface area contributed by atoms with Gasteiger partial charge in [-0.25, -0.2) is 0 Å². The Hall–Kier alpha value is -1.77. The normalized spacial score (nSPS) is 11.6. The summed E-state index contributed by atoms with van der Waals surface area (Å²) < 4.78 is 5.93. The van der Waals surface area contributed by atoms with Crippen LogP contribution in [0.4, 0.5) is 10.8 Å². The van der Waals surface area contributed by atoms with E-state index in [0.29, 0.717) is 32.5 Å². The fourth-order valence-corrected chi connectivity index (χ4v) is 3.78. The van der Waals surface area contributed by atoms with E-state index in [1.807, 2.05) is 0 Å². The van der Waals surface area contributed by atoms with E-state index < -0.39 is 0 Å². The van der Waals surface area contributed by atoms with Gasteiger partial charge in [-0.2, -0.15) is 0 Å². The van der Waals surface area contributed by atoms with Crippen LogP contribution in [-0.4, -0.2) is 35.0 Å². The molecule has 0 spiro atoms. The van der Waals surface area contributed by atoms with Crippen molar-refractivity contribution < 1.29 is 9.53 Å². The Kier molecular flexibility index (Phi) is 6.89. The van der Waals surface area contributed by atoms with E-state index in [2.05, 4.69) is 27.4 Å². The van der Waals surface area contributed by atoms with E-state index in [-0.39, 0.29) is 11.2 Å². The largest absolute Gasteiger partial charge is 0.495 e. The van der Waals surface area contributed by atoms with E-state index in [4.69, 9.17) is 16.3 Å². The van der Waals surface area contributed by atoms with Gasteiger partial charge in [0.05, 0.1) is 18.0 Å². The summed E-state index contributed by atoms with van der Waals surface area (Å²) in [5.41, 5.74) is 0.535. The number of methoxy groups -OCH3 is 1. The molecule has 1 unspecified atom stereocenters. The van der Waals surface area contributed by atoms with Gasteiger partial charge >= 0.3 is 0 Å². The van der Waals surface area contributed by atoms with Crippen molar-refractivity contribution in [3.05, 3.63) is 35.9 Å². The van der Waals surface area contributed by atoms with Gasteiger partial charge in [0, 0.05) is 11.6 Å². The summed E-state index contributed by atoms with van der Waals surface area (Å²) in [4.78, 5) is 12.4. The highest BCUT2D eigenvalue weighted by Gasteiger charge is 2.18. The second-order valence-electron chi connectivity index (χ2n) is 4.64. The Labute approximate surface area is 153 Å². The number of hydrogen-bond acceptors (Lipinski definition) is 7. The number of anilines is 2. The number of amides is 1. The predicted octanol–water partition coefficient (Wildman–Crippen LogP) is 3.92. The third-order valence-corrected chi connectivity index (χ3v) is 5.17. The molecular formula is C15H17ClN4O2S2. The molecule has 24 heavy (non-hydrogen) atoms. The first-order chi connectivity index (χ1) is 11.5. The van der Waals surface area contributed by atoms with Crippen LogP contribution in [0.5, 0.6) is 5.75 Å². The van der Waals surface area contributed by atoms with Crippen molar-refractivity contribution in [1.29, 1.82) is 0 Å². The highest BCUT2D eigenvalue weighted by Crippen LogP contribution is 2.31. The highest BCUT2D eigenvalue weighted by molar-refractivity contribution is 8.02. The summed E-state index contributed by atoms with van der Waals surface area (Å²) in [6.45, 7) is 6.05. The minimum absolute atomic E-state index is 0.170. The molecule has 1 aromatic heterocycles. The molecule has 0 radical (unpaired) electrons. The number of aromatic nitrogens is 2. The molecule has 0 saturated carbocycles. The van der Waals surface area contributed by atoms with E-state index in [1.54, 1.807) is 31.2 Å². The highest BCUT2D eigenvalue weighted by atomic mass is 35.5. The molecule has 0 aliphatic carbocycles. The minimum atomic E-state index is -0.353. The van der Waals surface area contributed by atoms with Crippen LogP contribution < -0.4 is 15.4 Å². The first kappa shape index (κ1) is 18.6. The van der Waals surface area contributed by atoms with Crippen molar-refractivity contribution in [2.75, 3.05) is 24.3 Å². The minimum Gasteiger partial charge on any atom is -0.495 e. The summed E-state index contributed by atoms with van der Waals surface area (Å²) in [7, 11) is 1.54. The quantitative estimate of drug-likeness (QED) is 0.530. The zero-order valence-electron chi connectivity index (χ0n) is 13.2. The van der Waals surface area contributed by atoms with Crippen LogP contribution in [0, 0.1) is 0 Å². The molecule has 2 rings (SSSR count). The Balaban J connectivity index is 1.98. The average molecular weight is 385 g/mol. The van der Waals surface area contributed by atoms with Gasteiger partial charge in [-0.1, -0.05) is 40.8 Å². The number of halogens is 1. The fraction of sp³-hybridized carbons (Fsp3) is 0.267. The zero-order chi connectivity index (χ0) is 17.5. The van der Waals surface area contributed by atoms with Crippen molar-refractivity contribution in [3.63, 3.8) is 0 Å². The number of rotatable bonds is 8. The SMILES string of the molecule is C=CCNc1nnc(SC(C)C(=O)Nc2cc(Cl)ccc2OC)s1. The molecule has 0 saturated heterocycles. The number of hydrogen-bond donors (Lipinski definition) is 2. The first-order valence-electron chi connectivity index (χ1n) is 7.02. The Morgan fingerprint density at radius 1 is 1.54 bits per heavy atom. The summed E-state index contributed by atoms with van der Waals surface area (Å²) in [5.74, 6) is 0.383. The molecule has 0 fully saturated rings. The van der Waals surface area contributed by atoms with Gasteiger partial charge in [-0.05, 0) is 25.1 Å². The van der Waals surface area contributed by atoms with Gasteiger partial charge in [-0.15, -0.1) is 16.8 Å². The van der Waals surface area contributed by atoms with E-state index in [1.165, 1.54) is 30.2 Å². The number of nitrogens with one attached hydrogen (secondary N) is 2. The number of nitrogens with zero attached hydrogens (tertiary/aromatic N) is 2. The summed E-state index contributed by atoms with van der Waals surface area (Å²) >= 11 is 8.70. The summed E-state index contributed by atoms with van der Waals surface area (Å²) in [6.07, 6.45) is 1.74. The van der Waals surface area contributed by atoms with Crippen LogP contribution in [0.25, 0.3) is 0 Å². The smallest absolute Gasteiger partial charge is 0.237 e. The Bertz CT molecular complexity index is 723. The summed E-state index contributed by atoms with van der Waals surface area (Å²) in [5, 5.41) is 14.8. The standard InChI is InChI=1S/C15H17ClN4O2S2/c1-4-7-17-14-19-20-15(24-14)23-9(2)13(21)18-11-8-10(16)5-6-12(11)22-3/h4-6,8-9H,1,7H2,2-3H3,(H,17,19)(H,18,21). The van der Waals surface area contributed by atoms with E-state index >= 15 is 0 Å². The van der Waals surface area contributed by atoms with Crippen LogP contribution in [0.15, 0.2) is 35.2 Å². The molecule has 9 heteroatoms. The molecule has 1 aromatic carbocycles. The topological polar surface area (TPSA) is 76.1 Å². The van der Waals surface area contributed by atoms with Gasteiger partial charge in [0.25, 0.3) is 0 Å². The van der Waals surface area contributed by atoms with Gasteiger partial charge in [0.1, 0.15) is 5.75 Å². The lowest BCUT2D eigenvalue weighted by Crippen LogP contribution is -2.22. The molecule has 128 valence electrons. The maximum atomic E-state index is 12.4. The lowest BCUT2D eigenvalue weighted by atomic mass is 10.3. The number of carbonyl (C=O) groups is 1. The second kappa shape index (κ2) is 8.91. The molecule has 0 aliphatic heterocycles.